The van der Waals surface area contributed by atoms with Gasteiger partial charge in [0.2, 0.25) is 11.8 Å². The molecule has 0 unspecified atom stereocenters. The Morgan fingerprint density at radius 1 is 1.17 bits per heavy atom. The number of halogens is 2. The normalized spacial score (nSPS) is 15.3. The molecule has 2 amide bonds. The van der Waals surface area contributed by atoms with Crippen LogP contribution in [0, 0.1) is 17.6 Å². The summed E-state index contributed by atoms with van der Waals surface area (Å²) in [6, 6.07) is 3.37. The Morgan fingerprint density at radius 3 is 2.35 bits per heavy atom. The monoisotopic (exact) mass is 324 g/mol. The molecule has 1 saturated carbocycles. The summed E-state index contributed by atoms with van der Waals surface area (Å²) in [5.41, 5.74) is -0.473. The summed E-state index contributed by atoms with van der Waals surface area (Å²) in [6.07, 6.45) is 4.89. The fourth-order valence-electron chi connectivity index (χ4n) is 2.92. The molecule has 2 rings (SSSR count). The highest BCUT2D eigenvalue weighted by Gasteiger charge is 2.26. The SMILES string of the molecule is CCN(CC(=O)Nc1c(F)cccc1F)C(=O)C1CCCCC1. The third kappa shape index (κ3) is 4.50. The van der Waals surface area contributed by atoms with Crippen molar-refractivity contribution >= 4 is 17.5 Å². The number of hydrogen-bond acceptors (Lipinski definition) is 2. The number of amides is 2. The molecule has 0 spiro atoms. The first-order valence-corrected chi connectivity index (χ1v) is 8.05. The number of carbonyl (C=O) groups excluding carboxylic acids is 2. The molecule has 1 aromatic rings. The molecule has 1 N–H and O–H groups in total. The van der Waals surface area contributed by atoms with Crippen molar-refractivity contribution in [1.29, 1.82) is 0 Å². The lowest BCUT2D eigenvalue weighted by molar-refractivity contribution is -0.139. The maximum Gasteiger partial charge on any atom is 0.244 e. The van der Waals surface area contributed by atoms with Gasteiger partial charge in [0.15, 0.2) is 0 Å². The number of nitrogens with one attached hydrogen (secondary N) is 1. The molecular weight excluding hydrogens is 302 g/mol. The van der Waals surface area contributed by atoms with E-state index >= 15 is 0 Å². The number of likely N-dealkylation sites (N-methyl/N-ethyl adjacent to an activating group) is 1. The maximum atomic E-state index is 13.5. The largest absolute Gasteiger partial charge is 0.333 e. The molecule has 1 aliphatic rings. The minimum atomic E-state index is -0.833. The number of rotatable bonds is 5. The molecule has 23 heavy (non-hydrogen) atoms. The van der Waals surface area contributed by atoms with Gasteiger partial charge in [0, 0.05) is 12.5 Å². The molecule has 1 aliphatic carbocycles. The second-order valence-corrected chi connectivity index (χ2v) is 5.83. The number of benzene rings is 1. The minimum absolute atomic E-state index is 0.0401. The lowest BCUT2D eigenvalue weighted by Gasteiger charge is -2.28. The molecule has 0 bridgehead atoms. The third-order valence-electron chi connectivity index (χ3n) is 4.21. The molecule has 0 heterocycles. The van der Waals surface area contributed by atoms with Gasteiger partial charge >= 0.3 is 0 Å². The molecule has 126 valence electrons. The van der Waals surface area contributed by atoms with Gasteiger partial charge in [0.1, 0.15) is 17.3 Å². The van der Waals surface area contributed by atoms with Crippen molar-refractivity contribution in [2.24, 2.45) is 5.92 Å². The molecule has 0 radical (unpaired) electrons. The zero-order chi connectivity index (χ0) is 16.8. The highest BCUT2D eigenvalue weighted by atomic mass is 19.1. The van der Waals surface area contributed by atoms with Crippen molar-refractivity contribution in [2.45, 2.75) is 39.0 Å². The van der Waals surface area contributed by atoms with Crippen molar-refractivity contribution in [3.63, 3.8) is 0 Å². The number of anilines is 1. The van der Waals surface area contributed by atoms with Crippen molar-refractivity contribution in [2.75, 3.05) is 18.4 Å². The molecule has 0 aliphatic heterocycles. The summed E-state index contributed by atoms with van der Waals surface area (Å²) >= 11 is 0. The fourth-order valence-corrected chi connectivity index (χ4v) is 2.92. The molecule has 1 aromatic carbocycles. The van der Waals surface area contributed by atoms with Crippen LogP contribution in [0.5, 0.6) is 0 Å². The summed E-state index contributed by atoms with van der Waals surface area (Å²) in [7, 11) is 0. The van der Waals surface area contributed by atoms with Crippen molar-refractivity contribution in [1.82, 2.24) is 4.90 Å². The van der Waals surface area contributed by atoms with Gasteiger partial charge in [0.05, 0.1) is 6.54 Å². The van der Waals surface area contributed by atoms with Crippen LogP contribution in [0.3, 0.4) is 0 Å². The van der Waals surface area contributed by atoms with Crippen molar-refractivity contribution in [3.8, 4) is 0 Å². The van der Waals surface area contributed by atoms with E-state index in [2.05, 4.69) is 5.32 Å². The predicted molar refractivity (Wildman–Crippen MR) is 83.8 cm³/mol. The topological polar surface area (TPSA) is 49.4 Å². The number of hydrogen-bond donors (Lipinski definition) is 1. The van der Waals surface area contributed by atoms with E-state index in [1.165, 1.54) is 11.0 Å². The van der Waals surface area contributed by atoms with Crippen LogP contribution in [0.2, 0.25) is 0 Å². The second-order valence-electron chi connectivity index (χ2n) is 5.83. The van der Waals surface area contributed by atoms with Gasteiger partial charge in [0.25, 0.3) is 0 Å². The molecule has 0 saturated heterocycles. The standard InChI is InChI=1S/C17H22F2N2O2/c1-2-21(17(23)12-7-4-3-5-8-12)11-15(22)20-16-13(18)9-6-10-14(16)19/h6,9-10,12H,2-5,7-8,11H2,1H3,(H,20,22). The summed E-state index contributed by atoms with van der Waals surface area (Å²) in [4.78, 5) is 25.9. The van der Waals surface area contributed by atoms with Crippen LogP contribution in [-0.4, -0.2) is 29.8 Å². The van der Waals surface area contributed by atoms with Crippen molar-refractivity contribution in [3.05, 3.63) is 29.8 Å². The number of carbonyl (C=O) groups is 2. The van der Waals surface area contributed by atoms with Gasteiger partial charge in [-0.15, -0.1) is 0 Å². The lowest BCUT2D eigenvalue weighted by atomic mass is 9.88. The minimum Gasteiger partial charge on any atom is -0.333 e. The fraction of sp³-hybridized carbons (Fsp3) is 0.529. The quantitative estimate of drug-likeness (QED) is 0.903. The van der Waals surface area contributed by atoms with E-state index < -0.39 is 23.2 Å². The smallest absolute Gasteiger partial charge is 0.244 e. The average molecular weight is 324 g/mol. The highest BCUT2D eigenvalue weighted by Crippen LogP contribution is 2.25. The van der Waals surface area contributed by atoms with Crippen LogP contribution >= 0.6 is 0 Å². The first-order valence-electron chi connectivity index (χ1n) is 8.05. The van der Waals surface area contributed by atoms with E-state index in [1.54, 1.807) is 6.92 Å². The Morgan fingerprint density at radius 2 is 1.78 bits per heavy atom. The van der Waals surface area contributed by atoms with E-state index in [0.717, 1.165) is 44.2 Å². The van der Waals surface area contributed by atoms with Crippen LogP contribution in [0.15, 0.2) is 18.2 Å². The first-order chi connectivity index (χ1) is 11.0. The molecule has 0 atom stereocenters. The van der Waals surface area contributed by atoms with Crippen LogP contribution in [-0.2, 0) is 9.59 Å². The van der Waals surface area contributed by atoms with E-state index in [4.69, 9.17) is 0 Å². The number of nitrogens with zero attached hydrogens (tertiary/aromatic N) is 1. The molecule has 1 fully saturated rings. The van der Waals surface area contributed by atoms with Crippen LogP contribution in [0.1, 0.15) is 39.0 Å². The third-order valence-corrected chi connectivity index (χ3v) is 4.21. The summed E-state index contributed by atoms with van der Waals surface area (Å²) in [5.74, 6) is -2.35. The van der Waals surface area contributed by atoms with Crippen LogP contribution < -0.4 is 5.32 Å². The van der Waals surface area contributed by atoms with E-state index in [-0.39, 0.29) is 18.4 Å². The predicted octanol–water partition coefficient (Wildman–Crippen LogP) is 3.33. The Hall–Kier alpha value is -1.98. The van der Waals surface area contributed by atoms with Crippen LogP contribution in [0.4, 0.5) is 14.5 Å². The zero-order valence-electron chi connectivity index (χ0n) is 13.3. The molecular formula is C17H22F2N2O2. The lowest BCUT2D eigenvalue weighted by Crippen LogP contribution is -2.41. The Labute approximate surface area is 134 Å². The Balaban J connectivity index is 1.98. The van der Waals surface area contributed by atoms with E-state index in [0.29, 0.717) is 6.54 Å². The highest BCUT2D eigenvalue weighted by molar-refractivity contribution is 5.95. The van der Waals surface area contributed by atoms with Gasteiger partial charge in [-0.05, 0) is 31.9 Å². The van der Waals surface area contributed by atoms with Gasteiger partial charge in [-0.1, -0.05) is 25.3 Å². The van der Waals surface area contributed by atoms with Gasteiger partial charge in [-0.25, -0.2) is 8.78 Å². The first kappa shape index (κ1) is 17.4. The van der Waals surface area contributed by atoms with Crippen molar-refractivity contribution < 1.29 is 18.4 Å². The zero-order valence-corrected chi connectivity index (χ0v) is 13.3. The molecule has 0 aromatic heterocycles. The summed E-state index contributed by atoms with van der Waals surface area (Å²) < 4.78 is 27.1. The van der Waals surface area contributed by atoms with Gasteiger partial charge < -0.3 is 10.2 Å². The Bertz CT molecular complexity index is 551. The van der Waals surface area contributed by atoms with Crippen LogP contribution in [0.25, 0.3) is 0 Å². The number of para-hydroxylation sites is 1. The maximum absolute atomic E-state index is 13.5. The van der Waals surface area contributed by atoms with Gasteiger partial charge in [-0.3, -0.25) is 9.59 Å². The van der Waals surface area contributed by atoms with E-state index in [1.807, 2.05) is 0 Å². The second kappa shape index (κ2) is 8.04. The average Bonchev–Trinajstić information content (AvgIpc) is 2.56. The Kier molecular flexibility index (Phi) is 6.07. The molecule has 4 nitrogen and oxygen atoms in total. The summed E-state index contributed by atoms with van der Waals surface area (Å²) in [6.45, 7) is 1.99. The van der Waals surface area contributed by atoms with E-state index in [9.17, 15) is 18.4 Å². The van der Waals surface area contributed by atoms with Gasteiger partial charge in [-0.2, -0.15) is 0 Å². The summed E-state index contributed by atoms with van der Waals surface area (Å²) in [5, 5.41) is 2.22. The molecule has 6 heteroatoms.